The van der Waals surface area contributed by atoms with Crippen LogP contribution in [0.2, 0.25) is 0 Å². The zero-order chi connectivity index (χ0) is 15.7. The van der Waals surface area contributed by atoms with Crippen LogP contribution in [0, 0.1) is 0 Å². The number of likely N-dealkylation sites (tertiary alicyclic amines) is 1. The first-order chi connectivity index (χ1) is 10.4. The molecule has 0 aliphatic carbocycles. The van der Waals surface area contributed by atoms with Crippen LogP contribution in [-0.2, 0) is 4.74 Å². The SMILES string of the molecule is CC(C)(C)OC(=O)N1CC2CC(c3cncnc3)CC(C1)N2. The minimum Gasteiger partial charge on any atom is -0.444 e. The Morgan fingerprint density at radius 1 is 1.23 bits per heavy atom. The highest BCUT2D eigenvalue weighted by molar-refractivity contribution is 5.68. The normalized spacial score (nSPS) is 28.3. The fourth-order valence-electron chi connectivity index (χ4n) is 3.38. The van der Waals surface area contributed by atoms with E-state index in [1.54, 1.807) is 6.33 Å². The van der Waals surface area contributed by atoms with Gasteiger partial charge in [-0.25, -0.2) is 14.8 Å². The number of piperazine rings is 1. The van der Waals surface area contributed by atoms with Gasteiger partial charge < -0.3 is 15.0 Å². The topological polar surface area (TPSA) is 67.3 Å². The number of piperidine rings is 1. The molecule has 2 fully saturated rings. The second-order valence-corrected chi connectivity index (χ2v) is 7.29. The highest BCUT2D eigenvalue weighted by Crippen LogP contribution is 2.32. The number of rotatable bonds is 1. The number of nitrogens with one attached hydrogen (secondary N) is 1. The van der Waals surface area contributed by atoms with Crippen molar-refractivity contribution >= 4 is 6.09 Å². The Bertz CT molecular complexity index is 515. The van der Waals surface area contributed by atoms with Crippen molar-refractivity contribution in [3.63, 3.8) is 0 Å². The van der Waals surface area contributed by atoms with Crippen molar-refractivity contribution in [2.75, 3.05) is 13.1 Å². The van der Waals surface area contributed by atoms with Gasteiger partial charge in [0, 0.05) is 37.6 Å². The molecule has 0 aromatic carbocycles. The van der Waals surface area contributed by atoms with Gasteiger partial charge in [0.1, 0.15) is 11.9 Å². The third-order valence-electron chi connectivity index (χ3n) is 4.19. The summed E-state index contributed by atoms with van der Waals surface area (Å²) in [5, 5.41) is 3.61. The standard InChI is InChI=1S/C16H24N4O2/c1-16(2,3)22-15(21)20-8-13-4-11(5-14(9-20)19-13)12-6-17-10-18-7-12/h6-7,10-11,13-14,19H,4-5,8-9H2,1-3H3. The van der Waals surface area contributed by atoms with E-state index >= 15 is 0 Å². The van der Waals surface area contributed by atoms with Gasteiger partial charge in [0.05, 0.1) is 0 Å². The quantitative estimate of drug-likeness (QED) is 0.858. The average molecular weight is 304 g/mol. The second-order valence-electron chi connectivity index (χ2n) is 7.29. The van der Waals surface area contributed by atoms with Gasteiger partial charge in [0.25, 0.3) is 0 Å². The molecule has 2 aliphatic heterocycles. The first-order valence-electron chi connectivity index (χ1n) is 7.89. The van der Waals surface area contributed by atoms with Crippen LogP contribution in [0.4, 0.5) is 4.79 Å². The molecule has 1 aromatic heterocycles. The van der Waals surface area contributed by atoms with Crippen molar-refractivity contribution in [3.05, 3.63) is 24.3 Å². The molecule has 2 bridgehead atoms. The van der Waals surface area contributed by atoms with Crippen molar-refractivity contribution < 1.29 is 9.53 Å². The molecular formula is C16H24N4O2. The van der Waals surface area contributed by atoms with Gasteiger partial charge in [-0.2, -0.15) is 0 Å². The zero-order valence-corrected chi connectivity index (χ0v) is 13.5. The van der Waals surface area contributed by atoms with Gasteiger partial charge >= 0.3 is 6.09 Å². The van der Waals surface area contributed by atoms with Crippen LogP contribution >= 0.6 is 0 Å². The number of hydrogen-bond donors (Lipinski definition) is 1. The van der Waals surface area contributed by atoms with E-state index in [0.717, 1.165) is 12.8 Å². The van der Waals surface area contributed by atoms with Gasteiger partial charge in [-0.05, 0) is 45.1 Å². The molecule has 2 aliphatic rings. The number of nitrogens with zero attached hydrogens (tertiary/aromatic N) is 3. The first-order valence-corrected chi connectivity index (χ1v) is 7.89. The van der Waals surface area contributed by atoms with Crippen molar-refractivity contribution in [3.8, 4) is 0 Å². The van der Waals surface area contributed by atoms with E-state index in [0.29, 0.717) is 31.1 Å². The van der Waals surface area contributed by atoms with Gasteiger partial charge in [-0.15, -0.1) is 0 Å². The summed E-state index contributed by atoms with van der Waals surface area (Å²) in [4.78, 5) is 22.3. The monoisotopic (exact) mass is 304 g/mol. The number of hydrogen-bond acceptors (Lipinski definition) is 5. The van der Waals surface area contributed by atoms with Gasteiger partial charge in [-0.3, -0.25) is 0 Å². The lowest BCUT2D eigenvalue weighted by Gasteiger charge is -2.45. The van der Waals surface area contributed by atoms with Crippen LogP contribution in [0.25, 0.3) is 0 Å². The summed E-state index contributed by atoms with van der Waals surface area (Å²) >= 11 is 0. The summed E-state index contributed by atoms with van der Waals surface area (Å²) < 4.78 is 5.49. The number of carbonyl (C=O) groups excluding carboxylic acids is 1. The molecule has 1 N–H and O–H groups in total. The Labute approximate surface area is 131 Å². The summed E-state index contributed by atoms with van der Waals surface area (Å²) in [5.41, 5.74) is 0.755. The van der Waals surface area contributed by atoms with E-state index < -0.39 is 5.60 Å². The molecule has 1 amide bonds. The molecular weight excluding hydrogens is 280 g/mol. The third-order valence-corrected chi connectivity index (χ3v) is 4.19. The van der Waals surface area contributed by atoms with E-state index in [1.165, 1.54) is 5.56 Å². The summed E-state index contributed by atoms with van der Waals surface area (Å²) in [7, 11) is 0. The lowest BCUT2D eigenvalue weighted by molar-refractivity contribution is 0.0103. The molecule has 120 valence electrons. The maximum atomic E-state index is 12.3. The van der Waals surface area contributed by atoms with Crippen LogP contribution in [0.5, 0.6) is 0 Å². The highest BCUT2D eigenvalue weighted by atomic mass is 16.6. The Kier molecular flexibility index (Phi) is 4.04. The van der Waals surface area contributed by atoms with E-state index in [2.05, 4.69) is 15.3 Å². The largest absolute Gasteiger partial charge is 0.444 e. The van der Waals surface area contributed by atoms with E-state index in [-0.39, 0.29) is 6.09 Å². The molecule has 2 saturated heterocycles. The Hall–Kier alpha value is -1.69. The second kappa shape index (κ2) is 5.83. The predicted octanol–water partition coefficient (Wildman–Crippen LogP) is 1.93. The van der Waals surface area contributed by atoms with E-state index in [1.807, 2.05) is 38.1 Å². The smallest absolute Gasteiger partial charge is 0.410 e. The van der Waals surface area contributed by atoms with Crippen molar-refractivity contribution in [1.82, 2.24) is 20.2 Å². The van der Waals surface area contributed by atoms with E-state index in [4.69, 9.17) is 4.74 Å². The maximum absolute atomic E-state index is 12.3. The Balaban J connectivity index is 1.64. The van der Waals surface area contributed by atoms with Gasteiger partial charge in [0.2, 0.25) is 0 Å². The molecule has 2 atom stereocenters. The molecule has 3 heterocycles. The lowest BCUT2D eigenvalue weighted by atomic mass is 9.82. The third kappa shape index (κ3) is 3.55. The lowest BCUT2D eigenvalue weighted by Crippen LogP contribution is -2.61. The molecule has 0 saturated carbocycles. The minimum atomic E-state index is -0.443. The minimum absolute atomic E-state index is 0.203. The summed E-state index contributed by atoms with van der Waals surface area (Å²) in [6, 6.07) is 0.621. The average Bonchev–Trinajstić information content (AvgIpc) is 2.45. The van der Waals surface area contributed by atoms with Crippen LogP contribution in [-0.4, -0.2) is 51.7 Å². The van der Waals surface area contributed by atoms with Crippen LogP contribution in [0.3, 0.4) is 0 Å². The van der Waals surface area contributed by atoms with Gasteiger partial charge in [0.15, 0.2) is 0 Å². The maximum Gasteiger partial charge on any atom is 0.410 e. The molecule has 6 heteroatoms. The number of amides is 1. The molecule has 0 spiro atoms. The van der Waals surface area contributed by atoms with E-state index in [9.17, 15) is 4.79 Å². The molecule has 1 aromatic rings. The van der Waals surface area contributed by atoms with Crippen molar-refractivity contribution in [2.45, 2.75) is 57.2 Å². The van der Waals surface area contributed by atoms with Crippen molar-refractivity contribution in [2.24, 2.45) is 0 Å². The fourth-order valence-corrected chi connectivity index (χ4v) is 3.38. The highest BCUT2D eigenvalue weighted by Gasteiger charge is 2.38. The Morgan fingerprint density at radius 2 is 1.82 bits per heavy atom. The summed E-state index contributed by atoms with van der Waals surface area (Å²) in [5.74, 6) is 0.471. The fraction of sp³-hybridized carbons (Fsp3) is 0.688. The van der Waals surface area contributed by atoms with Crippen LogP contribution < -0.4 is 5.32 Å². The number of ether oxygens (including phenoxy) is 1. The summed E-state index contributed by atoms with van der Waals surface area (Å²) in [6.45, 7) is 7.11. The first kappa shape index (κ1) is 15.2. The van der Waals surface area contributed by atoms with Crippen LogP contribution in [0.1, 0.15) is 45.1 Å². The number of aromatic nitrogens is 2. The molecule has 6 nitrogen and oxygen atoms in total. The number of fused-ring (bicyclic) bond motifs is 2. The molecule has 2 unspecified atom stereocenters. The van der Waals surface area contributed by atoms with Gasteiger partial charge in [-0.1, -0.05) is 0 Å². The predicted molar refractivity (Wildman–Crippen MR) is 82.5 cm³/mol. The molecule has 22 heavy (non-hydrogen) atoms. The zero-order valence-electron chi connectivity index (χ0n) is 13.5. The molecule has 0 radical (unpaired) electrons. The van der Waals surface area contributed by atoms with Crippen LogP contribution in [0.15, 0.2) is 18.7 Å². The Morgan fingerprint density at radius 3 is 2.36 bits per heavy atom. The molecule has 3 rings (SSSR count). The van der Waals surface area contributed by atoms with Crippen molar-refractivity contribution in [1.29, 1.82) is 0 Å². The summed E-state index contributed by atoms with van der Waals surface area (Å²) in [6.07, 6.45) is 7.18. The number of carbonyl (C=O) groups is 1.